The zero-order chi connectivity index (χ0) is 14.5. The van der Waals surface area contributed by atoms with Gasteiger partial charge in [-0.25, -0.2) is 4.39 Å². The Balaban J connectivity index is 2.26. The second-order valence-electron chi connectivity index (χ2n) is 4.42. The largest absolute Gasteiger partial charge is 0.457 e. The number of aliphatic hydroxyl groups is 1. The standard InChI is InChI=1S/C15H15ClFNO2/c16-10-4-6-12(7-5-10)20-15-3-1-2-14(17)13(15)8-11(18)9-19/h1-7,11,19H,8-9,18H2. The molecule has 1 atom stereocenters. The van der Waals surface area contributed by atoms with Gasteiger partial charge in [0.25, 0.3) is 0 Å². The van der Waals surface area contributed by atoms with E-state index in [-0.39, 0.29) is 13.0 Å². The number of hydrogen-bond acceptors (Lipinski definition) is 3. The number of rotatable bonds is 5. The van der Waals surface area contributed by atoms with E-state index in [1.807, 2.05) is 0 Å². The molecule has 0 saturated carbocycles. The molecule has 2 rings (SSSR count). The summed E-state index contributed by atoms with van der Waals surface area (Å²) in [6.45, 7) is -0.214. The molecule has 5 heteroatoms. The van der Waals surface area contributed by atoms with E-state index in [4.69, 9.17) is 27.2 Å². The van der Waals surface area contributed by atoms with Crippen LogP contribution in [0.5, 0.6) is 11.5 Å². The Hall–Kier alpha value is -1.62. The molecule has 0 amide bonds. The number of nitrogens with two attached hydrogens (primary N) is 1. The summed E-state index contributed by atoms with van der Waals surface area (Å²) < 4.78 is 19.5. The van der Waals surface area contributed by atoms with Crippen molar-refractivity contribution >= 4 is 11.6 Å². The number of halogens is 2. The van der Waals surface area contributed by atoms with Gasteiger partial charge in [0.05, 0.1) is 6.61 Å². The molecule has 3 N–H and O–H groups in total. The van der Waals surface area contributed by atoms with Crippen LogP contribution in [0.1, 0.15) is 5.56 Å². The molecule has 0 aliphatic rings. The Morgan fingerprint density at radius 1 is 1.20 bits per heavy atom. The summed E-state index contributed by atoms with van der Waals surface area (Å²) >= 11 is 5.80. The van der Waals surface area contributed by atoms with Gasteiger partial charge < -0.3 is 15.6 Å². The molecule has 0 bridgehead atoms. The molecule has 0 fully saturated rings. The topological polar surface area (TPSA) is 55.5 Å². The highest BCUT2D eigenvalue weighted by Gasteiger charge is 2.14. The lowest BCUT2D eigenvalue weighted by molar-refractivity contribution is 0.264. The number of ether oxygens (including phenoxy) is 1. The van der Waals surface area contributed by atoms with E-state index in [0.29, 0.717) is 22.1 Å². The molecule has 0 aliphatic heterocycles. The highest BCUT2D eigenvalue weighted by Crippen LogP contribution is 2.28. The van der Waals surface area contributed by atoms with Crippen LogP contribution in [0, 0.1) is 5.82 Å². The molecule has 20 heavy (non-hydrogen) atoms. The highest BCUT2D eigenvalue weighted by atomic mass is 35.5. The fourth-order valence-electron chi connectivity index (χ4n) is 1.79. The molecule has 3 nitrogen and oxygen atoms in total. The van der Waals surface area contributed by atoms with Crippen molar-refractivity contribution < 1.29 is 14.2 Å². The predicted molar refractivity (Wildman–Crippen MR) is 76.7 cm³/mol. The summed E-state index contributed by atoms with van der Waals surface area (Å²) in [5.41, 5.74) is 6.02. The van der Waals surface area contributed by atoms with E-state index in [1.54, 1.807) is 36.4 Å². The summed E-state index contributed by atoms with van der Waals surface area (Å²) in [6.07, 6.45) is 0.200. The third-order valence-corrected chi connectivity index (χ3v) is 3.07. The quantitative estimate of drug-likeness (QED) is 0.891. The van der Waals surface area contributed by atoms with Gasteiger partial charge >= 0.3 is 0 Å². The average molecular weight is 296 g/mol. The molecule has 0 spiro atoms. The fourth-order valence-corrected chi connectivity index (χ4v) is 1.91. The Bertz CT molecular complexity index is 575. The Kier molecular flexibility index (Phi) is 4.95. The minimum absolute atomic E-state index is 0.200. The fraction of sp³-hybridized carbons (Fsp3) is 0.200. The van der Waals surface area contributed by atoms with Crippen LogP contribution in [0.4, 0.5) is 4.39 Å². The smallest absolute Gasteiger partial charge is 0.133 e. The molecule has 2 aromatic rings. The van der Waals surface area contributed by atoms with Gasteiger partial charge in [-0.15, -0.1) is 0 Å². The zero-order valence-corrected chi connectivity index (χ0v) is 11.5. The van der Waals surface area contributed by atoms with Crippen molar-refractivity contribution in [1.29, 1.82) is 0 Å². The molecule has 0 heterocycles. The third-order valence-electron chi connectivity index (χ3n) is 2.82. The van der Waals surface area contributed by atoms with Crippen molar-refractivity contribution in [3.05, 3.63) is 58.9 Å². The first-order valence-corrected chi connectivity index (χ1v) is 6.55. The van der Waals surface area contributed by atoms with Crippen molar-refractivity contribution in [2.45, 2.75) is 12.5 Å². The lowest BCUT2D eigenvalue weighted by Crippen LogP contribution is -2.27. The van der Waals surface area contributed by atoms with Crippen LogP contribution in [-0.2, 0) is 6.42 Å². The third kappa shape index (κ3) is 3.70. The maximum atomic E-state index is 13.9. The summed E-state index contributed by atoms with van der Waals surface area (Å²) in [4.78, 5) is 0. The summed E-state index contributed by atoms with van der Waals surface area (Å²) in [6, 6.07) is 10.8. The molecule has 0 radical (unpaired) electrons. The maximum Gasteiger partial charge on any atom is 0.133 e. The lowest BCUT2D eigenvalue weighted by atomic mass is 10.1. The first-order chi connectivity index (χ1) is 9.60. The molecule has 0 aliphatic carbocycles. The van der Waals surface area contributed by atoms with E-state index >= 15 is 0 Å². The minimum Gasteiger partial charge on any atom is -0.457 e. The molecule has 0 aromatic heterocycles. The van der Waals surface area contributed by atoms with Gasteiger partial charge in [0.15, 0.2) is 0 Å². The minimum atomic E-state index is -0.528. The highest BCUT2D eigenvalue weighted by molar-refractivity contribution is 6.30. The van der Waals surface area contributed by atoms with Gasteiger partial charge in [-0.05, 0) is 42.8 Å². The Morgan fingerprint density at radius 2 is 1.90 bits per heavy atom. The van der Waals surface area contributed by atoms with Crippen molar-refractivity contribution in [3.8, 4) is 11.5 Å². The van der Waals surface area contributed by atoms with Gasteiger partial charge in [-0.1, -0.05) is 17.7 Å². The molecule has 1 unspecified atom stereocenters. The van der Waals surface area contributed by atoms with Crippen LogP contribution in [0.15, 0.2) is 42.5 Å². The molecular formula is C15H15ClFNO2. The van der Waals surface area contributed by atoms with Gasteiger partial charge in [-0.2, -0.15) is 0 Å². The van der Waals surface area contributed by atoms with Gasteiger partial charge in [-0.3, -0.25) is 0 Å². The van der Waals surface area contributed by atoms with Crippen LogP contribution in [-0.4, -0.2) is 17.8 Å². The van der Waals surface area contributed by atoms with E-state index in [2.05, 4.69) is 0 Å². The second kappa shape index (κ2) is 6.70. The van der Waals surface area contributed by atoms with Crippen molar-refractivity contribution in [3.63, 3.8) is 0 Å². The molecule has 0 saturated heterocycles. The van der Waals surface area contributed by atoms with Crippen LogP contribution in [0.2, 0.25) is 5.02 Å². The lowest BCUT2D eigenvalue weighted by Gasteiger charge is -2.14. The Morgan fingerprint density at radius 3 is 2.55 bits per heavy atom. The van der Waals surface area contributed by atoms with Crippen LogP contribution >= 0.6 is 11.6 Å². The first-order valence-electron chi connectivity index (χ1n) is 6.17. The van der Waals surface area contributed by atoms with Crippen molar-refractivity contribution in [1.82, 2.24) is 0 Å². The monoisotopic (exact) mass is 295 g/mol. The van der Waals surface area contributed by atoms with E-state index in [0.717, 1.165) is 0 Å². The number of hydrogen-bond donors (Lipinski definition) is 2. The average Bonchev–Trinajstić information content (AvgIpc) is 2.45. The van der Waals surface area contributed by atoms with Gasteiger partial charge in [0.1, 0.15) is 17.3 Å². The van der Waals surface area contributed by atoms with Crippen LogP contribution in [0.25, 0.3) is 0 Å². The second-order valence-corrected chi connectivity index (χ2v) is 4.86. The zero-order valence-electron chi connectivity index (χ0n) is 10.7. The van der Waals surface area contributed by atoms with Crippen molar-refractivity contribution in [2.24, 2.45) is 5.73 Å². The summed E-state index contributed by atoms with van der Waals surface area (Å²) in [7, 11) is 0. The number of benzene rings is 2. The van der Waals surface area contributed by atoms with E-state index < -0.39 is 11.9 Å². The molecule has 2 aromatic carbocycles. The van der Waals surface area contributed by atoms with E-state index in [1.165, 1.54) is 6.07 Å². The van der Waals surface area contributed by atoms with Gasteiger partial charge in [0.2, 0.25) is 0 Å². The normalized spacial score (nSPS) is 12.2. The molecule has 106 valence electrons. The van der Waals surface area contributed by atoms with Crippen LogP contribution < -0.4 is 10.5 Å². The SMILES string of the molecule is NC(CO)Cc1c(F)cccc1Oc1ccc(Cl)cc1. The molecular weight excluding hydrogens is 281 g/mol. The number of aliphatic hydroxyl groups excluding tert-OH is 1. The summed E-state index contributed by atoms with van der Waals surface area (Å²) in [5, 5.41) is 9.59. The van der Waals surface area contributed by atoms with Gasteiger partial charge in [0, 0.05) is 16.6 Å². The predicted octanol–water partition coefficient (Wildman–Crippen LogP) is 3.13. The first kappa shape index (κ1) is 14.8. The summed E-state index contributed by atoms with van der Waals surface area (Å²) in [5.74, 6) is 0.537. The maximum absolute atomic E-state index is 13.9. The van der Waals surface area contributed by atoms with Crippen LogP contribution in [0.3, 0.4) is 0 Å². The van der Waals surface area contributed by atoms with E-state index in [9.17, 15) is 4.39 Å². The Labute approximate surface area is 121 Å². The van der Waals surface area contributed by atoms with Crippen molar-refractivity contribution in [2.75, 3.05) is 6.61 Å².